The topological polar surface area (TPSA) is 79.7 Å². The minimum absolute atomic E-state index is 0.0466. The Morgan fingerprint density at radius 2 is 2.04 bits per heavy atom. The van der Waals surface area contributed by atoms with Crippen LogP contribution in [0, 0.1) is 0 Å². The predicted molar refractivity (Wildman–Crippen MR) is 84.7 cm³/mol. The zero-order valence-corrected chi connectivity index (χ0v) is 13.7. The summed E-state index contributed by atoms with van der Waals surface area (Å²) < 4.78 is 5.50. The lowest BCUT2D eigenvalue weighted by molar-refractivity contribution is -0.130. The summed E-state index contributed by atoms with van der Waals surface area (Å²) >= 11 is 0. The van der Waals surface area contributed by atoms with E-state index >= 15 is 0 Å². The number of rotatable bonds is 7. The number of amides is 1. The SMILES string of the molecule is CCC(=O)C1=C(O)C(=O)N(CCOC(C)C)C1c1ccncc1. The molecule has 0 radical (unpaired) electrons. The standard InChI is InChI=1S/C17H22N2O4/c1-4-13(20)14-15(12-5-7-18-8-6-12)19(17(22)16(14)21)9-10-23-11(2)3/h5-8,11,15,21H,4,9-10H2,1-3H3. The zero-order valence-electron chi connectivity index (χ0n) is 13.7. The Labute approximate surface area is 135 Å². The summed E-state index contributed by atoms with van der Waals surface area (Å²) in [6, 6.07) is 2.90. The molecule has 124 valence electrons. The van der Waals surface area contributed by atoms with E-state index in [9.17, 15) is 14.7 Å². The highest BCUT2D eigenvalue weighted by atomic mass is 16.5. The molecule has 23 heavy (non-hydrogen) atoms. The molecular weight excluding hydrogens is 296 g/mol. The molecule has 1 aromatic heterocycles. The second kappa shape index (κ2) is 7.37. The molecule has 0 fully saturated rings. The number of Topliss-reactive ketones (excluding diaryl/α,β-unsaturated/α-hetero) is 1. The van der Waals surface area contributed by atoms with Crippen LogP contribution in [0.25, 0.3) is 0 Å². The first-order chi connectivity index (χ1) is 11.0. The molecule has 0 saturated carbocycles. The third kappa shape index (κ3) is 3.59. The maximum absolute atomic E-state index is 12.4. The lowest BCUT2D eigenvalue weighted by atomic mass is 9.96. The monoisotopic (exact) mass is 318 g/mol. The molecule has 1 aliphatic rings. The maximum Gasteiger partial charge on any atom is 0.290 e. The van der Waals surface area contributed by atoms with Gasteiger partial charge in [0.2, 0.25) is 0 Å². The summed E-state index contributed by atoms with van der Waals surface area (Å²) in [5, 5.41) is 10.2. The van der Waals surface area contributed by atoms with Gasteiger partial charge < -0.3 is 14.7 Å². The van der Waals surface area contributed by atoms with Gasteiger partial charge in [-0.1, -0.05) is 6.92 Å². The van der Waals surface area contributed by atoms with Crippen molar-refractivity contribution in [1.29, 1.82) is 0 Å². The van der Waals surface area contributed by atoms with Crippen LogP contribution in [0.3, 0.4) is 0 Å². The first-order valence-electron chi connectivity index (χ1n) is 7.76. The number of ether oxygens (including phenoxy) is 1. The largest absolute Gasteiger partial charge is 0.503 e. The summed E-state index contributed by atoms with van der Waals surface area (Å²) in [7, 11) is 0. The Bertz CT molecular complexity index is 610. The fourth-order valence-corrected chi connectivity index (χ4v) is 2.64. The number of carbonyl (C=O) groups is 2. The van der Waals surface area contributed by atoms with E-state index in [4.69, 9.17) is 4.74 Å². The smallest absolute Gasteiger partial charge is 0.290 e. The zero-order chi connectivity index (χ0) is 17.0. The molecule has 0 spiro atoms. The fraction of sp³-hybridized carbons (Fsp3) is 0.471. The number of carbonyl (C=O) groups excluding carboxylic acids is 2. The van der Waals surface area contributed by atoms with Crippen LogP contribution in [0.15, 0.2) is 35.9 Å². The normalized spacial score (nSPS) is 18.2. The lowest BCUT2D eigenvalue weighted by Gasteiger charge is -2.27. The van der Waals surface area contributed by atoms with Crippen LogP contribution >= 0.6 is 0 Å². The molecule has 2 heterocycles. The van der Waals surface area contributed by atoms with Gasteiger partial charge in [-0.25, -0.2) is 0 Å². The van der Waals surface area contributed by atoms with E-state index in [1.165, 1.54) is 4.90 Å². The van der Waals surface area contributed by atoms with E-state index in [1.807, 2.05) is 13.8 Å². The number of hydrogen-bond acceptors (Lipinski definition) is 5. The molecule has 1 N–H and O–H groups in total. The second-order valence-corrected chi connectivity index (χ2v) is 5.64. The summed E-state index contributed by atoms with van der Waals surface area (Å²) in [5.41, 5.74) is 0.909. The summed E-state index contributed by atoms with van der Waals surface area (Å²) in [6.07, 6.45) is 3.48. The van der Waals surface area contributed by atoms with E-state index in [2.05, 4.69) is 4.98 Å². The molecule has 0 aliphatic carbocycles. The summed E-state index contributed by atoms with van der Waals surface area (Å²) in [4.78, 5) is 30.1. The van der Waals surface area contributed by atoms with Crippen molar-refractivity contribution in [3.63, 3.8) is 0 Å². The van der Waals surface area contributed by atoms with Crippen LogP contribution in [0.4, 0.5) is 0 Å². The molecule has 1 amide bonds. The molecule has 0 bridgehead atoms. The van der Waals surface area contributed by atoms with Crippen molar-refractivity contribution in [2.24, 2.45) is 0 Å². The van der Waals surface area contributed by atoms with Gasteiger partial charge >= 0.3 is 0 Å². The van der Waals surface area contributed by atoms with Crippen LogP contribution in [-0.4, -0.2) is 45.9 Å². The predicted octanol–water partition coefficient (Wildman–Crippen LogP) is 2.18. The van der Waals surface area contributed by atoms with Crippen LogP contribution in [-0.2, 0) is 14.3 Å². The van der Waals surface area contributed by atoms with Crippen molar-refractivity contribution in [3.05, 3.63) is 41.4 Å². The minimum atomic E-state index is -0.589. The third-order valence-electron chi connectivity index (χ3n) is 3.73. The second-order valence-electron chi connectivity index (χ2n) is 5.64. The highest BCUT2D eigenvalue weighted by Crippen LogP contribution is 2.37. The van der Waals surface area contributed by atoms with Crippen LogP contribution in [0.2, 0.25) is 0 Å². The molecule has 1 aliphatic heterocycles. The molecule has 2 rings (SSSR count). The van der Waals surface area contributed by atoms with E-state index in [-0.39, 0.29) is 23.9 Å². The Balaban J connectivity index is 2.34. The van der Waals surface area contributed by atoms with Crippen LogP contribution < -0.4 is 0 Å². The number of pyridine rings is 1. The van der Waals surface area contributed by atoms with Gasteiger partial charge in [-0.15, -0.1) is 0 Å². The first-order valence-corrected chi connectivity index (χ1v) is 7.76. The van der Waals surface area contributed by atoms with Gasteiger partial charge in [0, 0.05) is 25.4 Å². The minimum Gasteiger partial charge on any atom is -0.503 e. The van der Waals surface area contributed by atoms with Gasteiger partial charge in [0.15, 0.2) is 11.5 Å². The van der Waals surface area contributed by atoms with E-state index in [0.29, 0.717) is 13.2 Å². The third-order valence-corrected chi connectivity index (χ3v) is 3.73. The van der Waals surface area contributed by atoms with Gasteiger partial charge in [0.25, 0.3) is 5.91 Å². The average Bonchev–Trinajstić information content (AvgIpc) is 2.79. The maximum atomic E-state index is 12.4. The Hall–Kier alpha value is -2.21. The average molecular weight is 318 g/mol. The summed E-state index contributed by atoms with van der Waals surface area (Å²) in [6.45, 7) is 6.17. The highest BCUT2D eigenvalue weighted by molar-refractivity contribution is 6.08. The summed E-state index contributed by atoms with van der Waals surface area (Å²) in [5.74, 6) is -1.22. The van der Waals surface area contributed by atoms with Gasteiger partial charge in [-0.2, -0.15) is 0 Å². The van der Waals surface area contributed by atoms with E-state index in [0.717, 1.165) is 5.56 Å². The number of aliphatic hydroxyl groups excluding tert-OH is 1. The van der Waals surface area contributed by atoms with Crippen molar-refractivity contribution in [1.82, 2.24) is 9.88 Å². The quantitative estimate of drug-likeness (QED) is 0.833. The number of aliphatic hydroxyl groups is 1. The van der Waals surface area contributed by atoms with E-state index < -0.39 is 17.7 Å². The van der Waals surface area contributed by atoms with Crippen molar-refractivity contribution in [2.75, 3.05) is 13.2 Å². The van der Waals surface area contributed by atoms with Gasteiger partial charge in [-0.05, 0) is 31.5 Å². The van der Waals surface area contributed by atoms with Gasteiger partial charge in [0.1, 0.15) is 0 Å². The number of hydrogen-bond donors (Lipinski definition) is 1. The molecular formula is C17H22N2O4. The van der Waals surface area contributed by atoms with Crippen molar-refractivity contribution < 1.29 is 19.4 Å². The fourth-order valence-electron chi connectivity index (χ4n) is 2.64. The van der Waals surface area contributed by atoms with E-state index in [1.54, 1.807) is 31.5 Å². The van der Waals surface area contributed by atoms with Gasteiger partial charge in [-0.3, -0.25) is 14.6 Å². The molecule has 0 aromatic carbocycles. The Kier molecular flexibility index (Phi) is 5.50. The molecule has 1 aromatic rings. The molecule has 0 saturated heterocycles. The number of nitrogens with zero attached hydrogens (tertiary/aromatic N) is 2. The van der Waals surface area contributed by atoms with Crippen molar-refractivity contribution in [3.8, 4) is 0 Å². The molecule has 6 nitrogen and oxygen atoms in total. The molecule has 6 heteroatoms. The van der Waals surface area contributed by atoms with Crippen LogP contribution in [0.1, 0.15) is 38.8 Å². The first kappa shape index (κ1) is 17.1. The molecule has 1 atom stereocenters. The Morgan fingerprint density at radius 1 is 1.39 bits per heavy atom. The van der Waals surface area contributed by atoms with Crippen molar-refractivity contribution in [2.45, 2.75) is 39.3 Å². The highest BCUT2D eigenvalue weighted by Gasteiger charge is 2.42. The van der Waals surface area contributed by atoms with Gasteiger partial charge in [0.05, 0.1) is 24.3 Å². The lowest BCUT2D eigenvalue weighted by Crippen LogP contribution is -2.34. The van der Waals surface area contributed by atoms with Crippen LogP contribution in [0.5, 0.6) is 0 Å². The number of aromatic nitrogens is 1. The van der Waals surface area contributed by atoms with Crippen molar-refractivity contribution >= 4 is 11.7 Å². The number of ketones is 1. The molecule has 1 unspecified atom stereocenters. The Morgan fingerprint density at radius 3 is 2.61 bits per heavy atom.